The quantitative estimate of drug-likeness (QED) is 0.304. The molecule has 2 fully saturated rings. The molecule has 224 valence electrons. The van der Waals surface area contributed by atoms with Crippen LogP contribution in [0.15, 0.2) is 60.9 Å². The zero-order valence-corrected chi connectivity index (χ0v) is 24.8. The molecule has 0 amide bonds. The number of aromatic nitrogens is 2. The third-order valence-corrected chi connectivity index (χ3v) is 8.55. The van der Waals surface area contributed by atoms with Crippen molar-refractivity contribution in [3.63, 3.8) is 0 Å². The molecule has 3 aliphatic rings. The number of aliphatic carboxylic acids is 1. The zero-order chi connectivity index (χ0) is 29.6. The summed E-state index contributed by atoms with van der Waals surface area (Å²) in [5.41, 5.74) is 5.48. The molecule has 0 spiro atoms. The Morgan fingerprint density at radius 3 is 2.69 bits per heavy atom. The van der Waals surface area contributed by atoms with Crippen molar-refractivity contribution in [1.82, 2.24) is 14.9 Å². The number of anilines is 1. The van der Waals surface area contributed by atoms with Crippen molar-refractivity contribution in [3.05, 3.63) is 83.5 Å². The Hall–Kier alpha value is -3.53. The highest BCUT2D eigenvalue weighted by molar-refractivity contribution is 5.77. The van der Waals surface area contributed by atoms with Crippen molar-refractivity contribution < 1.29 is 24.1 Å². The van der Waals surface area contributed by atoms with Crippen LogP contribution in [0.1, 0.15) is 48.8 Å². The molecule has 3 aliphatic heterocycles. The van der Waals surface area contributed by atoms with Gasteiger partial charge in [0, 0.05) is 63.7 Å². The molecule has 5 heterocycles. The fourth-order valence-electron chi connectivity index (χ4n) is 6.35. The van der Waals surface area contributed by atoms with E-state index in [9.17, 15) is 9.90 Å². The highest BCUT2D eigenvalue weighted by atomic mass is 16.5. The van der Waals surface area contributed by atoms with Crippen LogP contribution in [0.25, 0.3) is 5.57 Å². The monoisotopic (exact) mass is 574 g/mol. The summed E-state index contributed by atoms with van der Waals surface area (Å²) in [4.78, 5) is 26.3. The smallest absolute Gasteiger partial charge is 0.308 e. The number of hydrogen-bond donors (Lipinski definition) is 1. The van der Waals surface area contributed by atoms with E-state index >= 15 is 0 Å². The molecular weight excluding hydrogens is 532 g/mol. The van der Waals surface area contributed by atoms with Crippen LogP contribution in [0.3, 0.4) is 0 Å². The van der Waals surface area contributed by atoms with Crippen molar-refractivity contribution in [2.45, 2.75) is 57.8 Å². The lowest BCUT2D eigenvalue weighted by atomic mass is 10.00. The number of rotatable bonds is 11. The van der Waals surface area contributed by atoms with E-state index in [4.69, 9.17) is 24.2 Å². The number of carbonyl (C=O) groups is 1. The van der Waals surface area contributed by atoms with E-state index in [0.717, 1.165) is 68.1 Å². The van der Waals surface area contributed by atoms with E-state index in [1.807, 2.05) is 30.0 Å². The lowest BCUT2D eigenvalue weighted by molar-refractivity contribution is -0.142. The predicted octanol–water partition coefficient (Wildman–Crippen LogP) is 4.63. The molecule has 9 nitrogen and oxygen atoms in total. The van der Waals surface area contributed by atoms with Crippen LogP contribution in [-0.2, 0) is 38.6 Å². The summed E-state index contributed by atoms with van der Waals surface area (Å²) in [6.45, 7) is 15.0. The first-order chi connectivity index (χ1) is 20.4. The number of fused-ring (bicyclic) bond motifs is 1. The van der Waals surface area contributed by atoms with Gasteiger partial charge in [0.15, 0.2) is 0 Å². The lowest BCUT2D eigenvalue weighted by Crippen LogP contribution is -2.42. The van der Waals surface area contributed by atoms with E-state index in [1.54, 1.807) is 13.2 Å². The highest BCUT2D eigenvalue weighted by Crippen LogP contribution is 2.32. The van der Waals surface area contributed by atoms with Crippen LogP contribution < -0.4 is 4.90 Å². The Kier molecular flexibility index (Phi) is 9.72. The average molecular weight is 575 g/mol. The predicted molar refractivity (Wildman–Crippen MR) is 162 cm³/mol. The maximum Gasteiger partial charge on any atom is 0.308 e. The Bertz CT molecular complexity index is 1340. The lowest BCUT2D eigenvalue weighted by Gasteiger charge is -2.37. The largest absolute Gasteiger partial charge is 0.486 e. The Labute approximate surface area is 248 Å². The van der Waals surface area contributed by atoms with Gasteiger partial charge in [0.05, 0.1) is 30.0 Å². The summed E-state index contributed by atoms with van der Waals surface area (Å²) in [6, 6.07) is 10.3. The molecule has 0 aromatic carbocycles. The molecule has 5 rings (SSSR count). The Balaban J connectivity index is 1.32. The van der Waals surface area contributed by atoms with Gasteiger partial charge in [-0.3, -0.25) is 14.7 Å². The molecule has 2 unspecified atom stereocenters. The van der Waals surface area contributed by atoms with Crippen molar-refractivity contribution in [3.8, 4) is 0 Å². The van der Waals surface area contributed by atoms with Crippen LogP contribution in [0.4, 0.5) is 5.82 Å². The van der Waals surface area contributed by atoms with Gasteiger partial charge in [-0.2, -0.15) is 0 Å². The van der Waals surface area contributed by atoms with Crippen LogP contribution in [-0.4, -0.2) is 78.0 Å². The minimum Gasteiger partial charge on any atom is -0.486 e. The number of pyridine rings is 2. The van der Waals surface area contributed by atoms with E-state index in [-0.39, 0.29) is 6.04 Å². The van der Waals surface area contributed by atoms with Gasteiger partial charge in [-0.05, 0) is 55.5 Å². The number of hydrogen-bond acceptors (Lipinski definition) is 8. The van der Waals surface area contributed by atoms with Crippen molar-refractivity contribution in [1.29, 1.82) is 0 Å². The van der Waals surface area contributed by atoms with Crippen molar-refractivity contribution in [2.75, 3.05) is 44.9 Å². The summed E-state index contributed by atoms with van der Waals surface area (Å²) >= 11 is 0. The van der Waals surface area contributed by atoms with Gasteiger partial charge in [-0.25, -0.2) is 4.98 Å². The molecule has 0 radical (unpaired) electrons. The zero-order valence-electron chi connectivity index (χ0n) is 24.8. The number of methoxy groups -OCH3 is 1. The molecule has 2 atom stereocenters. The Morgan fingerprint density at radius 2 is 1.98 bits per heavy atom. The topological polar surface area (TPSA) is 97.3 Å². The Morgan fingerprint density at radius 1 is 1.17 bits per heavy atom. The maximum atomic E-state index is 11.8. The number of carboxylic acids is 1. The average Bonchev–Trinajstić information content (AvgIpc) is 3.43. The maximum absolute atomic E-state index is 11.8. The van der Waals surface area contributed by atoms with Crippen LogP contribution >= 0.6 is 0 Å². The van der Waals surface area contributed by atoms with Gasteiger partial charge < -0.3 is 24.2 Å². The van der Waals surface area contributed by atoms with Crippen molar-refractivity contribution in [2.24, 2.45) is 5.92 Å². The molecule has 0 aliphatic carbocycles. The van der Waals surface area contributed by atoms with Gasteiger partial charge in [-0.1, -0.05) is 31.4 Å². The first-order valence-corrected chi connectivity index (χ1v) is 14.8. The number of ether oxygens (including phenoxy) is 3. The first kappa shape index (κ1) is 29.9. The molecule has 2 aromatic rings. The molecular formula is C33H42N4O5. The summed E-state index contributed by atoms with van der Waals surface area (Å²) in [6.07, 6.45) is 5.41. The molecule has 42 heavy (non-hydrogen) atoms. The SMILES string of the molecule is C=C/C(=C(/OCc1ccc2c(n1)CCN(C1CCOCC1)C2)C(=C)C)c1cccc(N2CCC(C(=O)O)C2COC)n1. The van der Waals surface area contributed by atoms with Crippen LogP contribution in [0, 0.1) is 5.92 Å². The van der Waals surface area contributed by atoms with Gasteiger partial charge in [0.2, 0.25) is 0 Å². The second-order valence-electron chi connectivity index (χ2n) is 11.3. The normalized spacial score (nSPS) is 21.9. The van der Waals surface area contributed by atoms with E-state index in [2.05, 4.69) is 30.2 Å². The minimum absolute atomic E-state index is 0.290. The number of carboxylic acid groups (broad SMARTS) is 1. The molecule has 2 aromatic heterocycles. The highest BCUT2D eigenvalue weighted by Gasteiger charge is 2.39. The molecule has 1 N–H and O–H groups in total. The van der Waals surface area contributed by atoms with Crippen LogP contribution in [0.2, 0.25) is 0 Å². The number of nitrogens with zero attached hydrogens (tertiary/aromatic N) is 4. The molecule has 0 saturated carbocycles. The fourth-order valence-corrected chi connectivity index (χ4v) is 6.35. The van der Waals surface area contributed by atoms with Gasteiger partial charge >= 0.3 is 5.97 Å². The van der Waals surface area contributed by atoms with Crippen LogP contribution in [0.5, 0.6) is 0 Å². The van der Waals surface area contributed by atoms with Gasteiger partial charge in [0.1, 0.15) is 18.2 Å². The summed E-state index contributed by atoms with van der Waals surface area (Å²) in [7, 11) is 1.59. The standard InChI is InChI=1S/C33H42N4O5/c1-5-26(29-7-6-8-31(35-29)37-16-11-27(33(38)39)30(37)21-40-4)32(22(2)3)42-20-24-10-9-23-19-36(15-12-28(23)34-24)25-13-17-41-18-14-25/h5-10,25,27,30H,1-2,11-21H2,3-4H3,(H,38,39)/b32-26-. The van der Waals surface area contributed by atoms with E-state index in [1.165, 1.54) is 5.56 Å². The van der Waals surface area contributed by atoms with Crippen molar-refractivity contribution >= 4 is 17.4 Å². The molecule has 2 saturated heterocycles. The molecule has 9 heteroatoms. The van der Waals surface area contributed by atoms with Gasteiger partial charge in [0.25, 0.3) is 0 Å². The second kappa shape index (κ2) is 13.6. The van der Waals surface area contributed by atoms with Gasteiger partial charge in [-0.15, -0.1) is 0 Å². The minimum atomic E-state index is -0.812. The fraction of sp³-hybridized carbons (Fsp3) is 0.485. The summed E-state index contributed by atoms with van der Waals surface area (Å²) < 4.78 is 17.3. The number of allylic oxidation sites excluding steroid dienone is 3. The third kappa shape index (κ3) is 6.59. The third-order valence-electron chi connectivity index (χ3n) is 8.55. The first-order valence-electron chi connectivity index (χ1n) is 14.8. The molecule has 0 bridgehead atoms. The van der Waals surface area contributed by atoms with E-state index < -0.39 is 11.9 Å². The van der Waals surface area contributed by atoms with E-state index in [0.29, 0.717) is 49.5 Å². The summed E-state index contributed by atoms with van der Waals surface area (Å²) in [5.74, 6) is -0.0102. The summed E-state index contributed by atoms with van der Waals surface area (Å²) in [5, 5.41) is 9.71. The second-order valence-corrected chi connectivity index (χ2v) is 11.3.